The smallest absolute Gasteiger partial charge is 0.410 e. The normalized spacial score (nSPS) is 20.2. The lowest BCUT2D eigenvalue weighted by Gasteiger charge is -2.32. The summed E-state index contributed by atoms with van der Waals surface area (Å²) in [5.74, 6) is 0.0849. The lowest BCUT2D eigenvalue weighted by molar-refractivity contribution is -0.138. The minimum absolute atomic E-state index is 0.118. The predicted octanol–water partition coefficient (Wildman–Crippen LogP) is 5.60. The Hall–Kier alpha value is -3.06. The van der Waals surface area contributed by atoms with Crippen LogP contribution >= 0.6 is 11.6 Å². The van der Waals surface area contributed by atoms with Crippen LogP contribution in [0.4, 0.5) is 4.79 Å². The Bertz CT molecular complexity index is 1220. The average Bonchev–Trinajstić information content (AvgIpc) is 3.21. The summed E-state index contributed by atoms with van der Waals surface area (Å²) in [4.78, 5) is 29.9. The van der Waals surface area contributed by atoms with Gasteiger partial charge >= 0.3 is 12.1 Å². The Kier molecular flexibility index (Phi) is 6.46. The zero-order chi connectivity index (χ0) is 23.7. The molecule has 2 aromatic carbocycles. The van der Waals surface area contributed by atoms with Crippen LogP contribution in [0.15, 0.2) is 40.8 Å². The second-order valence-electron chi connectivity index (χ2n) is 9.30. The van der Waals surface area contributed by atoms with Crippen molar-refractivity contribution < 1.29 is 23.8 Å². The third-order valence-corrected chi connectivity index (χ3v) is 7.05. The number of amides is 1. The maximum Gasteiger partial charge on any atom is 0.410 e. The number of aromatic nitrogens is 1. The first-order chi connectivity index (χ1) is 16.4. The Morgan fingerprint density at radius 2 is 1.94 bits per heavy atom. The van der Waals surface area contributed by atoms with E-state index in [9.17, 15) is 9.59 Å². The molecule has 1 amide bonds. The number of oxazole rings is 1. The van der Waals surface area contributed by atoms with Crippen LogP contribution in [-0.2, 0) is 28.9 Å². The molecule has 34 heavy (non-hydrogen) atoms. The minimum atomic E-state index is -0.755. The van der Waals surface area contributed by atoms with Crippen molar-refractivity contribution in [1.29, 1.82) is 0 Å². The molecule has 1 fully saturated rings. The van der Waals surface area contributed by atoms with Gasteiger partial charge < -0.3 is 19.2 Å². The maximum absolute atomic E-state index is 12.7. The van der Waals surface area contributed by atoms with E-state index in [4.69, 9.17) is 25.9 Å². The van der Waals surface area contributed by atoms with Crippen molar-refractivity contribution in [1.82, 2.24) is 9.88 Å². The molecule has 8 heteroatoms. The Morgan fingerprint density at radius 1 is 1.12 bits per heavy atom. The van der Waals surface area contributed by atoms with Gasteiger partial charge in [0.2, 0.25) is 0 Å². The van der Waals surface area contributed by atoms with Crippen LogP contribution in [0.3, 0.4) is 0 Å². The molecule has 0 spiro atoms. The first-order valence-electron chi connectivity index (χ1n) is 11.8. The molecule has 0 saturated heterocycles. The summed E-state index contributed by atoms with van der Waals surface area (Å²) in [6.45, 7) is 1.15. The van der Waals surface area contributed by atoms with Crippen LogP contribution in [0.1, 0.15) is 54.7 Å². The van der Waals surface area contributed by atoms with Gasteiger partial charge in [0.25, 0.3) is 0 Å². The summed E-state index contributed by atoms with van der Waals surface area (Å²) in [5, 5.41) is 9.58. The van der Waals surface area contributed by atoms with Gasteiger partial charge in [-0.15, -0.1) is 0 Å². The monoisotopic (exact) mass is 482 g/mol. The van der Waals surface area contributed by atoms with E-state index < -0.39 is 5.97 Å². The van der Waals surface area contributed by atoms with Crippen molar-refractivity contribution in [3.05, 3.63) is 64.0 Å². The molecule has 0 radical (unpaired) electrons. The van der Waals surface area contributed by atoms with E-state index in [-0.39, 0.29) is 24.5 Å². The fourth-order valence-electron chi connectivity index (χ4n) is 4.99. The molecular weight excluding hydrogens is 456 g/mol. The van der Waals surface area contributed by atoms with Gasteiger partial charge in [0.1, 0.15) is 11.6 Å². The maximum atomic E-state index is 12.7. The Balaban J connectivity index is 1.17. The Morgan fingerprint density at radius 3 is 2.74 bits per heavy atom. The summed E-state index contributed by atoms with van der Waals surface area (Å²) in [6.07, 6.45) is 4.23. The highest BCUT2D eigenvalue weighted by atomic mass is 35.5. The van der Waals surface area contributed by atoms with Crippen LogP contribution < -0.4 is 0 Å². The molecule has 0 unspecified atom stereocenters. The summed E-state index contributed by atoms with van der Waals surface area (Å²) < 4.78 is 11.6. The molecule has 2 aliphatic rings. The van der Waals surface area contributed by atoms with E-state index in [1.54, 1.807) is 17.0 Å². The molecule has 3 aromatic rings. The number of ether oxygens (including phenoxy) is 1. The van der Waals surface area contributed by atoms with E-state index in [1.807, 2.05) is 6.07 Å². The number of fused-ring (bicyclic) bond motifs is 2. The van der Waals surface area contributed by atoms with E-state index in [0.717, 1.165) is 48.7 Å². The van der Waals surface area contributed by atoms with Crippen LogP contribution in [0.5, 0.6) is 0 Å². The standard InChI is InChI=1S/C26H27ClN2O5/c27-20-5-8-22-23(14-20)34-24(28-22)12-17-1-4-19-15-29(10-9-18(19)11-17)26(32)33-21-6-2-16(3-7-21)13-25(30)31/h1,4-5,8,11,14,16,21H,2-3,6-7,9-10,12-13,15H2,(H,30,31). The first-order valence-corrected chi connectivity index (χ1v) is 12.1. The van der Waals surface area contributed by atoms with Crippen LogP contribution in [0, 0.1) is 5.92 Å². The predicted molar refractivity (Wildman–Crippen MR) is 127 cm³/mol. The molecule has 2 heterocycles. The number of carboxylic acids is 1. The van der Waals surface area contributed by atoms with Crippen molar-refractivity contribution in [2.75, 3.05) is 6.54 Å². The molecule has 1 aliphatic heterocycles. The van der Waals surface area contributed by atoms with E-state index in [2.05, 4.69) is 23.2 Å². The van der Waals surface area contributed by atoms with Gasteiger partial charge in [-0.1, -0.05) is 29.8 Å². The largest absolute Gasteiger partial charge is 0.481 e. The number of carbonyl (C=O) groups excluding carboxylic acids is 1. The van der Waals surface area contributed by atoms with Crippen molar-refractivity contribution in [2.24, 2.45) is 5.92 Å². The molecule has 5 rings (SSSR count). The molecule has 0 bridgehead atoms. The van der Waals surface area contributed by atoms with Crippen LogP contribution in [0.25, 0.3) is 11.1 Å². The van der Waals surface area contributed by atoms with Gasteiger partial charge in [-0.2, -0.15) is 0 Å². The van der Waals surface area contributed by atoms with Crippen molar-refractivity contribution >= 4 is 34.8 Å². The number of hydrogen-bond acceptors (Lipinski definition) is 5. The summed E-state index contributed by atoms with van der Waals surface area (Å²) in [5.41, 5.74) is 4.95. The number of benzene rings is 2. The molecule has 1 N–H and O–H groups in total. The summed E-state index contributed by atoms with van der Waals surface area (Å²) in [7, 11) is 0. The highest BCUT2D eigenvalue weighted by Crippen LogP contribution is 2.30. The quantitative estimate of drug-likeness (QED) is 0.508. The summed E-state index contributed by atoms with van der Waals surface area (Å²) >= 11 is 6.03. The number of carboxylic acid groups (broad SMARTS) is 1. The zero-order valence-electron chi connectivity index (χ0n) is 18.8. The second-order valence-corrected chi connectivity index (χ2v) is 9.73. The van der Waals surface area contributed by atoms with Crippen molar-refractivity contribution in [3.63, 3.8) is 0 Å². The van der Waals surface area contributed by atoms with E-state index in [1.165, 1.54) is 5.56 Å². The van der Waals surface area contributed by atoms with Gasteiger partial charge in [0.05, 0.1) is 0 Å². The van der Waals surface area contributed by atoms with Crippen LogP contribution in [-0.4, -0.2) is 39.7 Å². The molecule has 1 aliphatic carbocycles. The molecule has 1 aromatic heterocycles. The topological polar surface area (TPSA) is 92.9 Å². The van der Waals surface area contributed by atoms with Gasteiger partial charge in [-0.05, 0) is 66.8 Å². The molecule has 178 valence electrons. The number of rotatable bonds is 5. The number of aliphatic carboxylic acids is 1. The Labute approximate surface area is 202 Å². The van der Waals surface area contributed by atoms with Gasteiger partial charge in [-0.25, -0.2) is 9.78 Å². The second kappa shape index (κ2) is 9.66. The molecular formula is C26H27ClN2O5. The van der Waals surface area contributed by atoms with Crippen LogP contribution in [0.2, 0.25) is 5.02 Å². The van der Waals surface area contributed by atoms with Crippen molar-refractivity contribution in [3.8, 4) is 0 Å². The zero-order valence-corrected chi connectivity index (χ0v) is 19.6. The highest BCUT2D eigenvalue weighted by molar-refractivity contribution is 6.31. The minimum Gasteiger partial charge on any atom is -0.481 e. The number of hydrogen-bond donors (Lipinski definition) is 1. The fourth-order valence-corrected chi connectivity index (χ4v) is 5.15. The molecule has 7 nitrogen and oxygen atoms in total. The summed E-state index contributed by atoms with van der Waals surface area (Å²) in [6, 6.07) is 11.7. The van der Waals surface area contributed by atoms with Crippen molar-refractivity contribution in [2.45, 2.75) is 57.6 Å². The first kappa shape index (κ1) is 22.7. The van der Waals surface area contributed by atoms with Gasteiger partial charge in [-0.3, -0.25) is 4.79 Å². The van der Waals surface area contributed by atoms with E-state index in [0.29, 0.717) is 36.0 Å². The highest BCUT2D eigenvalue weighted by Gasteiger charge is 2.28. The molecule has 1 saturated carbocycles. The average molecular weight is 483 g/mol. The third-order valence-electron chi connectivity index (χ3n) is 6.82. The fraction of sp³-hybridized carbons (Fsp3) is 0.423. The lowest BCUT2D eigenvalue weighted by atomic mass is 9.85. The number of halogens is 1. The van der Waals surface area contributed by atoms with Gasteiger partial charge in [0, 0.05) is 37.0 Å². The van der Waals surface area contributed by atoms with E-state index >= 15 is 0 Å². The number of carbonyl (C=O) groups is 2. The lowest BCUT2D eigenvalue weighted by Crippen LogP contribution is -2.39. The molecule has 0 atom stereocenters. The van der Waals surface area contributed by atoms with Gasteiger partial charge in [0.15, 0.2) is 11.5 Å². The number of nitrogens with zero attached hydrogens (tertiary/aromatic N) is 2. The SMILES string of the molecule is O=C(O)CC1CCC(OC(=O)N2CCc3cc(Cc4nc5ccc(Cl)cc5o4)ccc3C2)CC1. The third kappa shape index (κ3) is 5.20.